The molecule has 248 valence electrons. The highest BCUT2D eigenvalue weighted by Crippen LogP contribution is 2.63. The number of methoxy groups -OCH3 is 1. The van der Waals surface area contributed by atoms with Crippen LogP contribution >= 0.6 is 0 Å². The van der Waals surface area contributed by atoms with Crippen molar-refractivity contribution in [3.63, 3.8) is 0 Å². The summed E-state index contributed by atoms with van der Waals surface area (Å²) in [4.78, 5) is 51.3. The number of nitrogens with zero attached hydrogens (tertiary/aromatic N) is 1. The second kappa shape index (κ2) is 11.0. The van der Waals surface area contributed by atoms with Crippen LogP contribution in [0.15, 0.2) is 24.3 Å². The second-order valence-corrected chi connectivity index (χ2v) is 12.8. The predicted molar refractivity (Wildman–Crippen MR) is 152 cm³/mol. The molecule has 46 heavy (non-hydrogen) atoms. The molecule has 2 aliphatic carbocycles. The Labute approximate surface area is 265 Å². The van der Waals surface area contributed by atoms with Gasteiger partial charge in [0.1, 0.15) is 12.2 Å². The summed E-state index contributed by atoms with van der Waals surface area (Å²) in [6, 6.07) is 4.03. The van der Waals surface area contributed by atoms with Crippen LogP contribution in [-0.4, -0.2) is 104 Å². The SMILES string of the molecule is COC(=O)[C@H]1O[C@@H]2OC(C)(O[C@H]3C=C[C@H]4[C@H]5Cc6ccc(OC(C)=O)c7c6[C@@]4(CCN5C)[C@H]3O7)O[C@@H]2[C@@H](OC(C)=O)[C@@H]1OC(C)=O. The average Bonchev–Trinajstić information content (AvgIpc) is 3.51. The Morgan fingerprint density at radius 3 is 2.41 bits per heavy atom. The molecule has 0 aromatic heterocycles. The predicted octanol–water partition coefficient (Wildman–Crippen LogP) is 1.29. The molecule has 7 rings (SSSR count). The molecule has 14 heteroatoms. The third-order valence-electron chi connectivity index (χ3n) is 9.93. The lowest BCUT2D eigenvalue weighted by molar-refractivity contribution is -0.360. The van der Waals surface area contributed by atoms with Crippen molar-refractivity contribution in [2.45, 2.75) is 101 Å². The summed E-state index contributed by atoms with van der Waals surface area (Å²) in [6.45, 7) is 6.07. The molecule has 3 fully saturated rings. The fourth-order valence-corrected chi connectivity index (χ4v) is 8.32. The van der Waals surface area contributed by atoms with Gasteiger partial charge < -0.3 is 42.8 Å². The zero-order chi connectivity index (χ0) is 32.7. The molecule has 0 radical (unpaired) electrons. The summed E-state index contributed by atoms with van der Waals surface area (Å²) in [6.07, 6.45) is -2.06. The van der Waals surface area contributed by atoms with Gasteiger partial charge in [-0.15, -0.1) is 0 Å². The van der Waals surface area contributed by atoms with Gasteiger partial charge in [-0.25, -0.2) is 4.79 Å². The topological polar surface area (TPSA) is 155 Å². The molecule has 1 aromatic rings. The molecule has 1 unspecified atom stereocenters. The summed E-state index contributed by atoms with van der Waals surface area (Å²) in [7, 11) is 3.28. The molecule has 0 N–H and O–H groups in total. The van der Waals surface area contributed by atoms with Crippen LogP contribution in [-0.2, 0) is 64.2 Å². The van der Waals surface area contributed by atoms with Gasteiger partial charge in [-0.1, -0.05) is 18.2 Å². The fourth-order valence-electron chi connectivity index (χ4n) is 8.32. The van der Waals surface area contributed by atoms with E-state index in [9.17, 15) is 19.2 Å². The van der Waals surface area contributed by atoms with E-state index < -0.39 is 78.2 Å². The van der Waals surface area contributed by atoms with Crippen molar-refractivity contribution >= 4 is 23.9 Å². The number of hydrogen-bond donors (Lipinski definition) is 0. The van der Waals surface area contributed by atoms with Crippen molar-refractivity contribution in [3.05, 3.63) is 35.4 Å². The van der Waals surface area contributed by atoms with Crippen LogP contribution in [0.4, 0.5) is 0 Å². The molecule has 4 heterocycles. The van der Waals surface area contributed by atoms with Crippen LogP contribution in [0.25, 0.3) is 0 Å². The Morgan fingerprint density at radius 1 is 0.978 bits per heavy atom. The molecule has 0 saturated carbocycles. The monoisotopic (exact) mass is 643 g/mol. The van der Waals surface area contributed by atoms with E-state index in [0.29, 0.717) is 11.5 Å². The van der Waals surface area contributed by atoms with E-state index in [1.165, 1.54) is 13.8 Å². The average molecular weight is 644 g/mol. The summed E-state index contributed by atoms with van der Waals surface area (Å²) in [5, 5.41) is 0. The molecule has 14 nitrogen and oxygen atoms in total. The van der Waals surface area contributed by atoms with Gasteiger partial charge in [0, 0.05) is 50.6 Å². The zero-order valence-electron chi connectivity index (χ0n) is 26.4. The highest BCUT2D eigenvalue weighted by Gasteiger charge is 2.67. The Hall–Kier alpha value is -3.56. The van der Waals surface area contributed by atoms with E-state index in [-0.39, 0.29) is 12.0 Å². The number of rotatable bonds is 6. The Bertz CT molecular complexity index is 1510. The van der Waals surface area contributed by atoms with E-state index in [0.717, 1.165) is 44.5 Å². The van der Waals surface area contributed by atoms with Crippen molar-refractivity contribution in [3.8, 4) is 11.5 Å². The third kappa shape index (κ3) is 4.72. The third-order valence-corrected chi connectivity index (χ3v) is 9.93. The van der Waals surface area contributed by atoms with Gasteiger partial charge in [0.05, 0.1) is 7.11 Å². The van der Waals surface area contributed by atoms with Gasteiger partial charge in [-0.3, -0.25) is 19.1 Å². The van der Waals surface area contributed by atoms with E-state index in [2.05, 4.69) is 18.0 Å². The number of fused-ring (bicyclic) bond motifs is 1. The smallest absolute Gasteiger partial charge is 0.339 e. The van der Waals surface area contributed by atoms with Crippen LogP contribution in [0.3, 0.4) is 0 Å². The number of benzene rings is 1. The maximum Gasteiger partial charge on any atom is 0.339 e. The van der Waals surface area contributed by atoms with Gasteiger partial charge in [0.15, 0.2) is 42.2 Å². The lowest BCUT2D eigenvalue weighted by Gasteiger charge is -2.57. The summed E-state index contributed by atoms with van der Waals surface area (Å²) in [5.74, 6) is -3.50. The summed E-state index contributed by atoms with van der Waals surface area (Å²) >= 11 is 0. The first-order chi connectivity index (χ1) is 21.8. The molecular weight excluding hydrogens is 606 g/mol. The van der Waals surface area contributed by atoms with Crippen LogP contribution < -0.4 is 9.47 Å². The van der Waals surface area contributed by atoms with Crippen molar-refractivity contribution in [1.29, 1.82) is 0 Å². The van der Waals surface area contributed by atoms with Gasteiger partial charge in [0.25, 0.3) is 5.97 Å². The zero-order valence-corrected chi connectivity index (χ0v) is 26.4. The highest BCUT2D eigenvalue weighted by atomic mass is 16.9. The van der Waals surface area contributed by atoms with E-state index in [1.54, 1.807) is 13.0 Å². The highest BCUT2D eigenvalue weighted by molar-refractivity contribution is 5.77. The molecule has 1 spiro atoms. The van der Waals surface area contributed by atoms with Gasteiger partial charge in [-0.05, 0) is 38.1 Å². The van der Waals surface area contributed by atoms with Gasteiger partial charge in [0.2, 0.25) is 0 Å². The first-order valence-corrected chi connectivity index (χ1v) is 15.4. The number of esters is 4. The Balaban J connectivity index is 1.22. The molecule has 3 saturated heterocycles. The normalized spacial score (nSPS) is 39.8. The van der Waals surface area contributed by atoms with Crippen LogP contribution in [0.5, 0.6) is 11.5 Å². The molecular formula is C32H37NO13. The first kappa shape index (κ1) is 31.1. The van der Waals surface area contributed by atoms with Crippen LogP contribution in [0.2, 0.25) is 0 Å². The van der Waals surface area contributed by atoms with Crippen LogP contribution in [0, 0.1) is 5.92 Å². The number of likely N-dealkylation sites (N-methyl/N-ethyl adjacent to an activating group) is 1. The van der Waals surface area contributed by atoms with E-state index >= 15 is 0 Å². The number of likely N-dealkylation sites (tertiary alicyclic amines) is 1. The molecule has 11 atom stereocenters. The van der Waals surface area contributed by atoms with Crippen molar-refractivity contribution in [2.24, 2.45) is 5.92 Å². The van der Waals surface area contributed by atoms with E-state index in [4.69, 9.17) is 42.6 Å². The lowest BCUT2D eigenvalue weighted by Crippen LogP contribution is -2.65. The van der Waals surface area contributed by atoms with Crippen molar-refractivity contribution in [1.82, 2.24) is 4.90 Å². The van der Waals surface area contributed by atoms with Crippen LogP contribution in [0.1, 0.15) is 45.2 Å². The Morgan fingerprint density at radius 2 is 1.72 bits per heavy atom. The van der Waals surface area contributed by atoms with E-state index in [1.807, 2.05) is 12.1 Å². The fraction of sp³-hybridized carbons (Fsp3) is 0.625. The minimum atomic E-state index is -1.78. The summed E-state index contributed by atoms with van der Waals surface area (Å²) in [5.41, 5.74) is 1.72. The number of carbonyl (C=O) groups is 4. The largest absolute Gasteiger partial charge is 0.482 e. The number of hydrogen-bond acceptors (Lipinski definition) is 14. The molecule has 2 bridgehead atoms. The minimum Gasteiger partial charge on any atom is -0.482 e. The molecule has 0 amide bonds. The molecule has 1 aromatic carbocycles. The first-order valence-electron chi connectivity index (χ1n) is 15.4. The Kier molecular flexibility index (Phi) is 7.44. The van der Waals surface area contributed by atoms with Crippen molar-refractivity contribution < 1.29 is 61.8 Å². The quantitative estimate of drug-likeness (QED) is 0.189. The molecule has 4 aliphatic heterocycles. The van der Waals surface area contributed by atoms with Gasteiger partial charge in [-0.2, -0.15) is 0 Å². The second-order valence-electron chi connectivity index (χ2n) is 12.8. The number of ether oxygens (including phenoxy) is 9. The standard InChI is InChI=1S/C32H37NO13/c1-14(34)39-20-9-7-17-13-19-18-8-10-21(28-32(18,11-12-33(19)5)22(17)23(20)42-28)44-31(4)45-27-25(41-16(3)36)24(40-15(2)35)26(29(37)38-6)43-30(27)46-31/h7-10,18-19,21,24-28,30H,11-13H2,1-6H3/t18-,19+,21-,24-,25-,26-,27+,28-,30+,31?,32-/m0/s1. The maximum atomic E-state index is 12.7. The van der Waals surface area contributed by atoms with Crippen molar-refractivity contribution in [2.75, 3.05) is 20.7 Å². The minimum absolute atomic E-state index is 0.111. The maximum absolute atomic E-state index is 12.7. The molecule has 6 aliphatic rings. The number of carbonyl (C=O) groups excluding carboxylic acids is 4. The number of piperidine rings is 1. The lowest BCUT2D eigenvalue weighted by atomic mass is 9.53. The summed E-state index contributed by atoms with van der Waals surface area (Å²) < 4.78 is 53.0. The van der Waals surface area contributed by atoms with Gasteiger partial charge >= 0.3 is 23.9 Å².